The number of nitrogens with zero attached hydrogens (tertiary/aromatic N) is 3. The van der Waals surface area contributed by atoms with Gasteiger partial charge in [0.15, 0.2) is 11.7 Å². The summed E-state index contributed by atoms with van der Waals surface area (Å²) in [7, 11) is 3.10. The van der Waals surface area contributed by atoms with Crippen molar-refractivity contribution in [3.05, 3.63) is 17.5 Å². The van der Waals surface area contributed by atoms with Gasteiger partial charge in [0.25, 0.3) is 0 Å². The van der Waals surface area contributed by atoms with Gasteiger partial charge >= 0.3 is 6.18 Å². The number of aliphatic imine (C=N–C) groups is 1. The highest BCUT2D eigenvalue weighted by molar-refractivity contribution is 5.79. The maximum Gasteiger partial charge on any atom is 0.435 e. The van der Waals surface area contributed by atoms with E-state index in [-0.39, 0.29) is 12.1 Å². The topological polar surface area (TPSA) is 54.2 Å². The fourth-order valence-electron chi connectivity index (χ4n) is 2.94. The number of halogens is 3. The average Bonchev–Trinajstić information content (AvgIpc) is 2.90. The van der Waals surface area contributed by atoms with E-state index < -0.39 is 11.9 Å². The van der Waals surface area contributed by atoms with Gasteiger partial charge in [-0.3, -0.25) is 9.67 Å². The fourth-order valence-corrected chi connectivity index (χ4v) is 2.94. The second kappa shape index (κ2) is 7.70. The van der Waals surface area contributed by atoms with Gasteiger partial charge in [-0.2, -0.15) is 18.3 Å². The van der Waals surface area contributed by atoms with Crippen LogP contribution >= 0.6 is 0 Å². The molecule has 1 aliphatic rings. The van der Waals surface area contributed by atoms with Crippen molar-refractivity contribution in [3.63, 3.8) is 0 Å². The molecule has 130 valence electrons. The summed E-state index contributed by atoms with van der Waals surface area (Å²) in [4.78, 5) is 4.07. The summed E-state index contributed by atoms with van der Waals surface area (Å²) in [6, 6.07) is 0. The first-order valence-corrected chi connectivity index (χ1v) is 7.94. The van der Waals surface area contributed by atoms with E-state index in [0.29, 0.717) is 11.9 Å². The zero-order valence-electron chi connectivity index (χ0n) is 13.6. The molecular formula is C15H24F3N5. The SMILES string of the molecule is CN=C(NCc1cn(C)nc1C(F)(F)F)NCC1CCCCC1. The molecule has 0 atom stereocenters. The van der Waals surface area contributed by atoms with Crippen LogP contribution in [0.4, 0.5) is 13.2 Å². The Morgan fingerprint density at radius 3 is 2.61 bits per heavy atom. The molecule has 1 saturated carbocycles. The van der Waals surface area contributed by atoms with Crippen LogP contribution in [0.25, 0.3) is 0 Å². The lowest BCUT2D eigenvalue weighted by Gasteiger charge is -2.23. The summed E-state index contributed by atoms with van der Waals surface area (Å²) >= 11 is 0. The molecule has 0 radical (unpaired) electrons. The molecule has 23 heavy (non-hydrogen) atoms. The monoisotopic (exact) mass is 331 g/mol. The first-order valence-electron chi connectivity index (χ1n) is 7.94. The second-order valence-electron chi connectivity index (χ2n) is 5.99. The molecule has 0 amide bonds. The van der Waals surface area contributed by atoms with Crippen LogP contribution in [0.2, 0.25) is 0 Å². The molecule has 5 nitrogen and oxygen atoms in total. The molecule has 1 aliphatic carbocycles. The Bertz CT molecular complexity index is 530. The molecule has 2 N–H and O–H groups in total. The number of nitrogens with one attached hydrogen (secondary N) is 2. The van der Waals surface area contributed by atoms with Gasteiger partial charge in [-0.15, -0.1) is 0 Å². The lowest BCUT2D eigenvalue weighted by atomic mass is 9.89. The third kappa shape index (κ3) is 5.14. The number of rotatable bonds is 4. The van der Waals surface area contributed by atoms with Crippen molar-refractivity contribution < 1.29 is 13.2 Å². The van der Waals surface area contributed by atoms with Crippen molar-refractivity contribution in [3.8, 4) is 0 Å². The summed E-state index contributed by atoms with van der Waals surface area (Å²) in [5, 5.41) is 9.64. The first kappa shape index (κ1) is 17.6. The predicted octanol–water partition coefficient (Wildman–Crippen LogP) is 2.68. The summed E-state index contributed by atoms with van der Waals surface area (Å²) in [6.07, 6.45) is 3.13. The van der Waals surface area contributed by atoms with Crippen LogP contribution in [0.15, 0.2) is 11.2 Å². The quantitative estimate of drug-likeness (QED) is 0.659. The van der Waals surface area contributed by atoms with Gasteiger partial charge in [0.2, 0.25) is 0 Å². The Morgan fingerprint density at radius 1 is 1.30 bits per heavy atom. The molecular weight excluding hydrogens is 307 g/mol. The van der Waals surface area contributed by atoms with Crippen molar-refractivity contribution in [2.75, 3.05) is 13.6 Å². The van der Waals surface area contributed by atoms with Crippen molar-refractivity contribution in [1.82, 2.24) is 20.4 Å². The Kier molecular flexibility index (Phi) is 5.90. The van der Waals surface area contributed by atoms with E-state index >= 15 is 0 Å². The highest BCUT2D eigenvalue weighted by Crippen LogP contribution is 2.30. The minimum atomic E-state index is -4.45. The van der Waals surface area contributed by atoms with Crippen LogP contribution in [-0.4, -0.2) is 29.3 Å². The third-order valence-corrected chi connectivity index (χ3v) is 4.13. The molecule has 0 unspecified atom stereocenters. The minimum Gasteiger partial charge on any atom is -0.356 e. The van der Waals surface area contributed by atoms with Gasteiger partial charge in [-0.25, -0.2) is 0 Å². The van der Waals surface area contributed by atoms with Crippen LogP contribution in [0.1, 0.15) is 43.4 Å². The average molecular weight is 331 g/mol. The molecule has 2 rings (SSSR count). The van der Waals surface area contributed by atoms with Gasteiger partial charge in [-0.05, 0) is 18.8 Å². The molecule has 1 aromatic heterocycles. The van der Waals surface area contributed by atoms with Gasteiger partial charge in [-0.1, -0.05) is 19.3 Å². The molecule has 1 fully saturated rings. The van der Waals surface area contributed by atoms with Crippen LogP contribution < -0.4 is 10.6 Å². The van der Waals surface area contributed by atoms with E-state index in [1.54, 1.807) is 7.05 Å². The van der Waals surface area contributed by atoms with Crippen LogP contribution in [0, 0.1) is 5.92 Å². The first-order chi connectivity index (χ1) is 10.9. The lowest BCUT2D eigenvalue weighted by molar-refractivity contribution is -0.142. The Labute approximate surface area is 134 Å². The van der Waals surface area contributed by atoms with Crippen molar-refractivity contribution in [2.24, 2.45) is 18.0 Å². The third-order valence-electron chi connectivity index (χ3n) is 4.13. The van der Waals surface area contributed by atoms with Crippen molar-refractivity contribution in [2.45, 2.75) is 44.8 Å². The Balaban J connectivity index is 1.88. The van der Waals surface area contributed by atoms with Gasteiger partial charge < -0.3 is 10.6 Å². The van der Waals surface area contributed by atoms with Gasteiger partial charge in [0.05, 0.1) is 0 Å². The number of alkyl halides is 3. The number of hydrogen-bond acceptors (Lipinski definition) is 2. The number of hydrogen-bond donors (Lipinski definition) is 2. The summed E-state index contributed by atoms with van der Waals surface area (Å²) < 4.78 is 39.9. The Morgan fingerprint density at radius 2 is 2.00 bits per heavy atom. The molecule has 1 heterocycles. The highest BCUT2D eigenvalue weighted by atomic mass is 19.4. The number of guanidine groups is 1. The fraction of sp³-hybridized carbons (Fsp3) is 0.733. The normalized spacial score (nSPS) is 17.3. The smallest absolute Gasteiger partial charge is 0.356 e. The van der Waals surface area contributed by atoms with Crippen molar-refractivity contribution >= 4 is 5.96 Å². The van der Waals surface area contributed by atoms with Crippen LogP contribution in [-0.2, 0) is 19.8 Å². The van der Waals surface area contributed by atoms with E-state index in [9.17, 15) is 13.2 Å². The molecule has 0 bridgehead atoms. The van der Waals surface area contributed by atoms with Gasteiger partial charge in [0.1, 0.15) is 0 Å². The summed E-state index contributed by atoms with van der Waals surface area (Å²) in [5.74, 6) is 1.14. The Hall–Kier alpha value is -1.73. The summed E-state index contributed by atoms with van der Waals surface area (Å²) in [6.45, 7) is 0.839. The van der Waals surface area contributed by atoms with Gasteiger partial charge in [0, 0.05) is 38.9 Å². The van der Waals surface area contributed by atoms with Crippen molar-refractivity contribution in [1.29, 1.82) is 0 Å². The second-order valence-corrected chi connectivity index (χ2v) is 5.99. The van der Waals surface area contributed by atoms with E-state index in [2.05, 4.69) is 20.7 Å². The molecule has 1 aromatic rings. The maximum absolute atomic E-state index is 12.9. The largest absolute Gasteiger partial charge is 0.435 e. The molecule has 0 aliphatic heterocycles. The van der Waals surface area contributed by atoms with E-state index in [4.69, 9.17) is 0 Å². The van der Waals surface area contributed by atoms with E-state index in [0.717, 1.165) is 6.54 Å². The lowest BCUT2D eigenvalue weighted by Crippen LogP contribution is -2.40. The van der Waals surface area contributed by atoms with E-state index in [1.165, 1.54) is 50.0 Å². The zero-order valence-corrected chi connectivity index (χ0v) is 13.6. The van der Waals surface area contributed by atoms with E-state index in [1.807, 2.05) is 0 Å². The predicted molar refractivity (Wildman–Crippen MR) is 83.0 cm³/mol. The number of aromatic nitrogens is 2. The zero-order chi connectivity index (χ0) is 16.9. The molecule has 0 aromatic carbocycles. The van der Waals surface area contributed by atoms with Crippen LogP contribution in [0.3, 0.4) is 0 Å². The molecule has 0 spiro atoms. The highest BCUT2D eigenvalue weighted by Gasteiger charge is 2.36. The standard InChI is InChI=1S/C15H24F3N5/c1-19-14(20-8-11-6-4-3-5-7-11)21-9-12-10-23(2)22-13(12)15(16,17)18/h10-11H,3-9H2,1-2H3,(H2,19,20,21). The number of aryl methyl sites for hydroxylation is 1. The molecule has 0 saturated heterocycles. The minimum absolute atomic E-state index is 0.0347. The van der Waals surface area contributed by atoms with Crippen LogP contribution in [0.5, 0.6) is 0 Å². The molecule has 8 heteroatoms. The maximum atomic E-state index is 12.9. The summed E-state index contributed by atoms with van der Waals surface area (Å²) in [5.41, 5.74) is -0.740.